The van der Waals surface area contributed by atoms with E-state index in [1.165, 1.54) is 11.3 Å². The van der Waals surface area contributed by atoms with E-state index < -0.39 is 0 Å². The number of benzene rings is 1. The van der Waals surface area contributed by atoms with Crippen molar-refractivity contribution in [2.45, 2.75) is 13.3 Å². The molecular weight excluding hydrogens is 363 g/mol. The Morgan fingerprint density at radius 1 is 1.04 bits per heavy atom. The number of para-hydroxylation sites is 1. The van der Waals surface area contributed by atoms with Crippen LogP contribution in [0.5, 0.6) is 0 Å². The van der Waals surface area contributed by atoms with Gasteiger partial charge in [0, 0.05) is 44.8 Å². The molecule has 1 fully saturated rings. The molecule has 0 spiro atoms. The molecule has 0 bridgehead atoms. The highest BCUT2D eigenvalue weighted by atomic mass is 35.5. The first-order chi connectivity index (χ1) is 10.7. The quantitative estimate of drug-likeness (QED) is 0.715. The molecule has 6 heteroatoms. The van der Waals surface area contributed by atoms with Crippen LogP contribution in [0.15, 0.2) is 41.8 Å². The predicted molar refractivity (Wildman–Crippen MR) is 108 cm³/mol. The lowest BCUT2D eigenvalue weighted by Crippen LogP contribution is -2.47. The number of piperazine rings is 1. The molecule has 1 aromatic carbocycles. The van der Waals surface area contributed by atoms with Crippen LogP contribution in [0.25, 0.3) is 0 Å². The molecule has 0 aliphatic carbocycles. The van der Waals surface area contributed by atoms with Gasteiger partial charge in [0.1, 0.15) is 0 Å². The first-order valence-electron chi connectivity index (χ1n) is 7.83. The molecule has 2 heterocycles. The molecule has 2 aromatic rings. The molecule has 0 saturated carbocycles. The maximum Gasteiger partial charge on any atom is 0.174 e. The summed E-state index contributed by atoms with van der Waals surface area (Å²) < 4.78 is 0. The maximum absolute atomic E-state index is 12.1. The summed E-state index contributed by atoms with van der Waals surface area (Å²) in [5, 5.41) is 1.97. The number of hydrogen-bond donors (Lipinski definition) is 0. The van der Waals surface area contributed by atoms with Crippen LogP contribution in [0.3, 0.4) is 0 Å². The second-order valence-electron chi connectivity index (χ2n) is 5.77. The largest absolute Gasteiger partial charge is 0.369 e. The predicted octanol–water partition coefficient (Wildman–Crippen LogP) is 4.30. The van der Waals surface area contributed by atoms with Gasteiger partial charge in [-0.3, -0.25) is 9.69 Å². The van der Waals surface area contributed by atoms with Crippen LogP contribution < -0.4 is 4.90 Å². The lowest BCUT2D eigenvalue weighted by molar-refractivity contribution is 0.0966. The molecule has 3 nitrogen and oxygen atoms in total. The number of Topliss-reactive ketones (excluding diaryl/α,β-unsaturated/α-hetero) is 1. The highest BCUT2D eigenvalue weighted by molar-refractivity contribution is 7.12. The van der Waals surface area contributed by atoms with Crippen molar-refractivity contribution in [3.05, 3.63) is 52.2 Å². The molecule has 132 valence electrons. The Morgan fingerprint density at radius 2 is 1.75 bits per heavy atom. The van der Waals surface area contributed by atoms with Crippen LogP contribution in [0, 0.1) is 6.92 Å². The molecule has 0 unspecified atom stereocenters. The zero-order valence-corrected chi connectivity index (χ0v) is 16.3. The topological polar surface area (TPSA) is 23.6 Å². The highest BCUT2D eigenvalue weighted by Crippen LogP contribution is 2.21. The van der Waals surface area contributed by atoms with Crippen LogP contribution in [0.2, 0.25) is 0 Å². The SMILES string of the molecule is Cc1ccccc1N1CCN(CCC(=O)c2cccs2)CC1.Cl.Cl. The molecule has 0 atom stereocenters. The third-order valence-electron chi connectivity index (χ3n) is 4.28. The minimum Gasteiger partial charge on any atom is -0.369 e. The summed E-state index contributed by atoms with van der Waals surface area (Å²) in [5.74, 6) is 0.274. The summed E-state index contributed by atoms with van der Waals surface area (Å²) in [6.45, 7) is 7.19. The third kappa shape index (κ3) is 5.21. The number of nitrogens with zero attached hydrogens (tertiary/aromatic N) is 2. The third-order valence-corrected chi connectivity index (χ3v) is 5.19. The Hall–Kier alpha value is -1.07. The van der Waals surface area contributed by atoms with Crippen molar-refractivity contribution in [3.63, 3.8) is 0 Å². The fraction of sp³-hybridized carbons (Fsp3) is 0.389. The van der Waals surface area contributed by atoms with Crippen LogP contribution in [-0.2, 0) is 0 Å². The van der Waals surface area contributed by atoms with Crippen molar-refractivity contribution in [1.29, 1.82) is 0 Å². The van der Waals surface area contributed by atoms with E-state index >= 15 is 0 Å². The Labute approximate surface area is 160 Å². The lowest BCUT2D eigenvalue weighted by atomic mass is 10.1. The van der Waals surface area contributed by atoms with Crippen molar-refractivity contribution in [3.8, 4) is 0 Å². The summed E-state index contributed by atoms with van der Waals surface area (Å²) in [4.78, 5) is 17.8. The fourth-order valence-corrected chi connectivity index (χ4v) is 3.65. The highest BCUT2D eigenvalue weighted by Gasteiger charge is 2.19. The molecule has 1 aliphatic rings. The van der Waals surface area contributed by atoms with E-state index in [1.807, 2.05) is 17.5 Å². The van der Waals surface area contributed by atoms with Crippen molar-refractivity contribution in [2.75, 3.05) is 37.6 Å². The van der Waals surface area contributed by atoms with Gasteiger partial charge in [-0.2, -0.15) is 0 Å². The zero-order valence-electron chi connectivity index (χ0n) is 13.8. The first kappa shape index (κ1) is 21.0. The smallest absolute Gasteiger partial charge is 0.174 e. The minimum atomic E-state index is 0. The number of hydrogen-bond acceptors (Lipinski definition) is 4. The van der Waals surface area contributed by atoms with Gasteiger partial charge in [0.2, 0.25) is 0 Å². The number of carbonyl (C=O) groups excluding carboxylic acids is 1. The van der Waals surface area contributed by atoms with Crippen LogP contribution in [-0.4, -0.2) is 43.4 Å². The van der Waals surface area contributed by atoms with E-state index in [9.17, 15) is 4.79 Å². The second-order valence-corrected chi connectivity index (χ2v) is 6.71. The monoisotopic (exact) mass is 386 g/mol. The van der Waals surface area contributed by atoms with Crippen LogP contribution >= 0.6 is 36.2 Å². The number of thiophene rings is 1. The molecule has 3 rings (SSSR count). The average Bonchev–Trinajstić information content (AvgIpc) is 3.08. The van der Waals surface area contributed by atoms with Gasteiger partial charge in [0.05, 0.1) is 4.88 Å². The first-order valence-corrected chi connectivity index (χ1v) is 8.71. The van der Waals surface area contributed by atoms with Gasteiger partial charge in [0.15, 0.2) is 5.78 Å². The Kier molecular flexibility index (Phi) is 8.78. The molecule has 1 aliphatic heterocycles. The molecule has 0 N–H and O–H groups in total. The van der Waals surface area contributed by atoms with E-state index in [4.69, 9.17) is 0 Å². The normalized spacial score (nSPS) is 14.6. The summed E-state index contributed by atoms with van der Waals surface area (Å²) in [5.41, 5.74) is 2.68. The van der Waals surface area contributed by atoms with Gasteiger partial charge in [-0.05, 0) is 30.0 Å². The van der Waals surface area contributed by atoms with Crippen LogP contribution in [0.1, 0.15) is 21.7 Å². The number of carbonyl (C=O) groups is 1. The minimum absolute atomic E-state index is 0. The molecule has 1 saturated heterocycles. The number of rotatable bonds is 5. The van der Waals surface area contributed by atoms with E-state index in [0.29, 0.717) is 6.42 Å². The Morgan fingerprint density at radius 3 is 2.38 bits per heavy atom. The second kappa shape index (κ2) is 10.0. The Bertz CT molecular complexity index is 626. The van der Waals surface area contributed by atoms with E-state index in [-0.39, 0.29) is 30.6 Å². The summed E-state index contributed by atoms with van der Waals surface area (Å²) in [6, 6.07) is 12.4. The van der Waals surface area contributed by atoms with Crippen molar-refractivity contribution < 1.29 is 4.79 Å². The van der Waals surface area contributed by atoms with Crippen molar-refractivity contribution in [2.24, 2.45) is 0 Å². The standard InChI is InChI=1S/C18H22N2OS.2ClH/c1-15-5-2-3-6-16(15)20-12-10-19(11-13-20)9-8-17(21)18-7-4-14-22-18;;/h2-7,14H,8-13H2,1H3;2*1H. The van der Waals surface area contributed by atoms with Crippen LogP contribution in [0.4, 0.5) is 5.69 Å². The average molecular weight is 387 g/mol. The van der Waals surface area contributed by atoms with Gasteiger partial charge in [-0.1, -0.05) is 24.3 Å². The van der Waals surface area contributed by atoms with E-state index in [0.717, 1.165) is 37.6 Å². The van der Waals surface area contributed by atoms with Gasteiger partial charge < -0.3 is 4.90 Å². The molecular formula is C18H24Cl2N2OS. The van der Waals surface area contributed by atoms with Crippen molar-refractivity contribution in [1.82, 2.24) is 4.90 Å². The van der Waals surface area contributed by atoms with Crippen molar-refractivity contribution >= 4 is 47.6 Å². The van der Waals surface area contributed by atoms with Gasteiger partial charge in [0.25, 0.3) is 0 Å². The summed E-state index contributed by atoms with van der Waals surface area (Å²) in [6.07, 6.45) is 0.630. The van der Waals surface area contributed by atoms with Gasteiger partial charge >= 0.3 is 0 Å². The summed E-state index contributed by atoms with van der Waals surface area (Å²) in [7, 11) is 0. The number of halogens is 2. The number of ketones is 1. The van der Waals surface area contributed by atoms with E-state index in [1.54, 1.807) is 11.3 Å². The number of anilines is 1. The lowest BCUT2D eigenvalue weighted by Gasteiger charge is -2.36. The molecule has 0 radical (unpaired) electrons. The zero-order chi connectivity index (χ0) is 15.4. The fourth-order valence-electron chi connectivity index (χ4n) is 2.95. The van der Waals surface area contributed by atoms with E-state index in [2.05, 4.69) is 41.0 Å². The molecule has 1 aromatic heterocycles. The van der Waals surface area contributed by atoms with Gasteiger partial charge in [-0.15, -0.1) is 36.2 Å². The molecule has 0 amide bonds. The van der Waals surface area contributed by atoms with Gasteiger partial charge in [-0.25, -0.2) is 0 Å². The Balaban J connectivity index is 0.00000144. The number of aryl methyl sites for hydroxylation is 1. The maximum atomic E-state index is 12.1. The summed E-state index contributed by atoms with van der Waals surface area (Å²) >= 11 is 1.54. The molecule has 24 heavy (non-hydrogen) atoms.